The Morgan fingerprint density at radius 2 is 1.64 bits per heavy atom. The molecule has 1 aliphatic rings. The molecule has 0 aromatic heterocycles. The van der Waals surface area contributed by atoms with Gasteiger partial charge in [0, 0.05) is 32.2 Å². The first-order valence-corrected chi connectivity index (χ1v) is 13.7. The number of esters is 2. The van der Waals surface area contributed by atoms with Gasteiger partial charge in [-0.15, -0.1) is 10.2 Å². The first kappa shape index (κ1) is 32.9. The second kappa shape index (κ2) is 15.0. The lowest BCUT2D eigenvalue weighted by molar-refractivity contribution is -0.140. The van der Waals surface area contributed by atoms with Crippen LogP contribution in [0.5, 0.6) is 0 Å². The predicted octanol–water partition coefficient (Wildman–Crippen LogP) is 4.13. The van der Waals surface area contributed by atoms with Crippen LogP contribution in [0.15, 0.2) is 34.5 Å². The highest BCUT2D eigenvalue weighted by Crippen LogP contribution is 2.37. The minimum atomic E-state index is -0.641. The molecule has 1 N–H and O–H groups in total. The zero-order valence-corrected chi connectivity index (χ0v) is 24.8. The first-order chi connectivity index (χ1) is 21.1. The Hall–Kier alpha value is -5.63. The molecule has 14 nitrogen and oxygen atoms in total. The predicted molar refractivity (Wildman–Crippen MR) is 157 cm³/mol. The van der Waals surface area contributed by atoms with E-state index in [4.69, 9.17) is 9.47 Å². The molecule has 44 heavy (non-hydrogen) atoms. The molecule has 0 unspecified atom stereocenters. The molecule has 0 saturated carbocycles. The highest BCUT2D eigenvalue weighted by molar-refractivity contribution is 6.23. The van der Waals surface area contributed by atoms with Gasteiger partial charge < -0.3 is 19.7 Å². The topological polar surface area (TPSA) is 195 Å². The van der Waals surface area contributed by atoms with Gasteiger partial charge in [-0.25, -0.2) is 0 Å². The number of hydrogen-bond acceptors (Lipinski definition) is 12. The number of ether oxygens (including phenoxy) is 2. The van der Waals surface area contributed by atoms with Crippen molar-refractivity contribution in [3.8, 4) is 12.1 Å². The van der Waals surface area contributed by atoms with Gasteiger partial charge in [0.25, 0.3) is 11.8 Å². The van der Waals surface area contributed by atoms with E-state index in [2.05, 4.69) is 15.5 Å². The molecule has 228 valence electrons. The summed E-state index contributed by atoms with van der Waals surface area (Å²) in [5, 5.41) is 30.8. The Labute approximate surface area is 253 Å². The Balaban J connectivity index is 2.06. The summed E-state index contributed by atoms with van der Waals surface area (Å²) >= 11 is 0. The lowest BCUT2D eigenvalue weighted by Gasteiger charge is -2.25. The Kier molecular flexibility index (Phi) is 11.2. The smallest absolute Gasteiger partial charge is 0.307 e. The number of benzene rings is 2. The summed E-state index contributed by atoms with van der Waals surface area (Å²) in [5.41, 5.74) is 0.130. The molecule has 3 amide bonds. The van der Waals surface area contributed by atoms with Gasteiger partial charge in [0.05, 0.1) is 55.0 Å². The summed E-state index contributed by atoms with van der Waals surface area (Å²) in [5.74, 6) is -2.56. The van der Waals surface area contributed by atoms with Gasteiger partial charge in [-0.1, -0.05) is 13.3 Å². The normalized spacial score (nSPS) is 12.0. The van der Waals surface area contributed by atoms with Crippen LogP contribution in [0.4, 0.5) is 22.7 Å². The minimum absolute atomic E-state index is 0.0257. The van der Waals surface area contributed by atoms with Crippen LogP contribution in [0.2, 0.25) is 0 Å². The monoisotopic (exact) mass is 601 g/mol. The summed E-state index contributed by atoms with van der Waals surface area (Å²) < 4.78 is 9.45. The second-order valence-corrected chi connectivity index (χ2v) is 9.63. The summed E-state index contributed by atoms with van der Waals surface area (Å²) in [6.07, 6.45) is 1.37. The van der Waals surface area contributed by atoms with Crippen molar-refractivity contribution in [1.29, 1.82) is 10.5 Å². The number of unbranched alkanes of at least 4 members (excludes halogenated alkanes) is 1. The summed E-state index contributed by atoms with van der Waals surface area (Å²) in [6.45, 7) is 3.76. The quantitative estimate of drug-likeness (QED) is 0.198. The zero-order valence-electron chi connectivity index (χ0n) is 24.8. The molecule has 0 atom stereocenters. The molecule has 0 bridgehead atoms. The fraction of sp³-hybridized carbons (Fsp3) is 0.367. The van der Waals surface area contributed by atoms with Crippen molar-refractivity contribution < 1.29 is 33.4 Å². The maximum Gasteiger partial charge on any atom is 0.307 e. The SMILES string of the molecule is CCCCN1C(=O)c2cc(C#N)c(N=Nc3ccc(N(CCC(=O)OC)CCC(=O)OC)cc3NC(C)=O)c(C#N)c2C1=O. The van der Waals surface area contributed by atoms with Gasteiger partial charge in [-0.2, -0.15) is 10.5 Å². The second-order valence-electron chi connectivity index (χ2n) is 9.63. The van der Waals surface area contributed by atoms with E-state index in [9.17, 15) is 34.5 Å². The van der Waals surface area contributed by atoms with E-state index >= 15 is 0 Å². The van der Waals surface area contributed by atoms with Crippen LogP contribution in [0, 0.1) is 22.7 Å². The third kappa shape index (κ3) is 7.41. The number of rotatable bonds is 13. The molecule has 0 saturated heterocycles. The van der Waals surface area contributed by atoms with Gasteiger partial charge in [-0.05, 0) is 30.7 Å². The molecule has 2 aromatic carbocycles. The van der Waals surface area contributed by atoms with E-state index in [0.29, 0.717) is 12.1 Å². The van der Waals surface area contributed by atoms with E-state index in [1.165, 1.54) is 33.3 Å². The van der Waals surface area contributed by atoms with Crippen molar-refractivity contribution in [2.45, 2.75) is 39.5 Å². The fourth-order valence-corrected chi connectivity index (χ4v) is 4.48. The number of methoxy groups -OCH3 is 2. The highest BCUT2D eigenvalue weighted by Gasteiger charge is 2.39. The van der Waals surface area contributed by atoms with Gasteiger partial charge in [0.2, 0.25) is 5.91 Å². The molecule has 2 aromatic rings. The average molecular weight is 602 g/mol. The number of fused-ring (bicyclic) bond motifs is 1. The molecule has 14 heteroatoms. The van der Waals surface area contributed by atoms with Gasteiger partial charge in [0.15, 0.2) is 0 Å². The number of carbonyl (C=O) groups excluding carboxylic acids is 5. The van der Waals surface area contributed by atoms with Crippen LogP contribution in [0.3, 0.4) is 0 Å². The highest BCUT2D eigenvalue weighted by atomic mass is 16.5. The Morgan fingerprint density at radius 3 is 2.18 bits per heavy atom. The van der Waals surface area contributed by atoms with Crippen molar-refractivity contribution in [3.63, 3.8) is 0 Å². The maximum absolute atomic E-state index is 13.1. The number of azo groups is 1. The number of carbonyl (C=O) groups is 5. The van der Waals surface area contributed by atoms with E-state index in [0.717, 1.165) is 11.3 Å². The van der Waals surface area contributed by atoms with Crippen LogP contribution in [-0.4, -0.2) is 68.4 Å². The van der Waals surface area contributed by atoms with Crippen molar-refractivity contribution in [2.75, 3.05) is 44.1 Å². The van der Waals surface area contributed by atoms with Crippen LogP contribution in [0.1, 0.15) is 71.4 Å². The minimum Gasteiger partial charge on any atom is -0.469 e. The number of hydrogen-bond donors (Lipinski definition) is 1. The van der Waals surface area contributed by atoms with Crippen LogP contribution < -0.4 is 10.2 Å². The largest absolute Gasteiger partial charge is 0.469 e. The molecular formula is C30H31N7O7. The van der Waals surface area contributed by atoms with Crippen LogP contribution in [0.25, 0.3) is 0 Å². The van der Waals surface area contributed by atoms with Gasteiger partial charge in [0.1, 0.15) is 23.5 Å². The average Bonchev–Trinajstić information content (AvgIpc) is 3.25. The van der Waals surface area contributed by atoms with E-state index in [1.807, 2.05) is 19.1 Å². The number of amides is 3. The number of nitrogens with zero attached hydrogens (tertiary/aromatic N) is 6. The summed E-state index contributed by atoms with van der Waals surface area (Å²) in [7, 11) is 2.53. The Bertz CT molecular complexity index is 1580. The fourth-order valence-electron chi connectivity index (χ4n) is 4.48. The summed E-state index contributed by atoms with van der Waals surface area (Å²) in [4.78, 5) is 64.4. The number of anilines is 2. The lowest BCUT2D eigenvalue weighted by Crippen LogP contribution is -2.30. The van der Waals surface area contributed by atoms with Crippen LogP contribution in [-0.2, 0) is 23.9 Å². The van der Waals surface area contributed by atoms with Crippen molar-refractivity contribution in [3.05, 3.63) is 46.5 Å². The molecule has 3 rings (SSSR count). The van der Waals surface area contributed by atoms with Gasteiger partial charge >= 0.3 is 11.9 Å². The van der Waals surface area contributed by atoms with E-state index in [-0.39, 0.29) is 71.8 Å². The zero-order chi connectivity index (χ0) is 32.4. The van der Waals surface area contributed by atoms with Gasteiger partial charge in [-0.3, -0.25) is 28.9 Å². The number of nitriles is 2. The summed E-state index contributed by atoms with van der Waals surface area (Å²) in [6, 6.07) is 9.76. The molecule has 1 heterocycles. The van der Waals surface area contributed by atoms with E-state index < -0.39 is 29.7 Å². The molecule has 1 aliphatic heterocycles. The van der Waals surface area contributed by atoms with Crippen molar-refractivity contribution >= 4 is 52.4 Å². The standard InChI is InChI=1S/C30H31N7O7/c1-5-6-11-37-29(41)21-14-19(16-31)28(22(17-32)27(21)30(37)42)35-34-23-8-7-20(15-24(23)33-18(2)38)36(12-9-25(39)43-3)13-10-26(40)44-4/h7-8,14-15H,5-6,9-13H2,1-4H3,(H,33,38). The number of nitrogens with one attached hydrogen (secondary N) is 1. The molecular weight excluding hydrogens is 570 g/mol. The van der Waals surface area contributed by atoms with Crippen molar-refractivity contribution in [2.24, 2.45) is 10.2 Å². The first-order valence-electron chi connectivity index (χ1n) is 13.7. The van der Waals surface area contributed by atoms with Crippen molar-refractivity contribution in [1.82, 2.24) is 4.90 Å². The Morgan fingerprint density at radius 1 is 0.977 bits per heavy atom. The maximum atomic E-state index is 13.1. The third-order valence-corrected chi connectivity index (χ3v) is 6.74. The number of imide groups is 1. The molecule has 0 radical (unpaired) electrons. The van der Waals surface area contributed by atoms with Crippen LogP contribution >= 0.6 is 0 Å². The lowest BCUT2D eigenvalue weighted by atomic mass is 9.97. The third-order valence-electron chi connectivity index (χ3n) is 6.74. The molecule has 0 spiro atoms. The molecule has 0 fully saturated rings. The van der Waals surface area contributed by atoms with E-state index in [1.54, 1.807) is 17.0 Å². The molecule has 0 aliphatic carbocycles.